The summed E-state index contributed by atoms with van der Waals surface area (Å²) in [7, 11) is 0. The van der Waals surface area contributed by atoms with Crippen LogP contribution in [-0.2, 0) is 4.84 Å². The van der Waals surface area contributed by atoms with Gasteiger partial charge in [-0.3, -0.25) is 0 Å². The van der Waals surface area contributed by atoms with Crippen molar-refractivity contribution in [3.05, 3.63) is 0 Å². The first-order valence-electron chi connectivity index (χ1n) is 0.868. The van der Waals surface area contributed by atoms with Gasteiger partial charge in [0.15, 0.2) is 17.4 Å². The Labute approximate surface area is 74.9 Å². The molecule has 0 rings (SSSR count). The molecule has 0 spiro atoms. The predicted molar refractivity (Wildman–Crippen MR) is 24.3 cm³/mol. The Morgan fingerprint density at radius 2 is 2.00 bits per heavy atom. The smallest absolute Gasteiger partial charge is 1.00 e. The van der Waals surface area contributed by atoms with Crippen LogP contribution < -0.4 is 35.5 Å². The molecule has 0 aromatic carbocycles. The molecule has 0 bridgehead atoms. The summed E-state index contributed by atoms with van der Waals surface area (Å²) in [5.74, 6) is 4.07. The van der Waals surface area contributed by atoms with Crippen LogP contribution in [0.25, 0.3) is 0 Å². The Hall–Kier alpha value is 0.762. The normalized spacial score (nSPS) is 4.71. The number of hydrogen-bond donors (Lipinski definition) is 2. The number of hydrogen-bond acceptors (Lipinski definition) is 3. The summed E-state index contributed by atoms with van der Waals surface area (Å²) in [6.07, 6.45) is -1.47. The van der Waals surface area contributed by atoms with E-state index in [2.05, 4.69) is 10.7 Å². The quantitative estimate of drug-likeness (QED) is 0.256. The van der Waals surface area contributed by atoms with E-state index in [0.29, 0.717) is 0 Å². The molecule has 0 amide bonds. The Bertz CT molecular complexity index is 54.5. The van der Waals surface area contributed by atoms with Gasteiger partial charge in [-0.15, -0.1) is 0 Å². The zero-order valence-corrected chi connectivity index (χ0v) is 5.34. The topological polar surface area (TPSA) is 72.5 Å². The van der Waals surface area contributed by atoms with Gasteiger partial charge in [0.25, 0.3) is 0 Å². The fourth-order valence-electron chi connectivity index (χ4n) is 0. The van der Waals surface area contributed by atoms with Crippen molar-refractivity contribution in [1.29, 1.82) is 0 Å². The SMILES string of the molecule is NOC(=O)O.[AlH3].[H-].[Na+]. The number of carbonyl (C=O) groups is 1. The fourth-order valence-corrected chi connectivity index (χ4v) is 0. The van der Waals surface area contributed by atoms with Gasteiger partial charge in [0.1, 0.15) is 0 Å². The van der Waals surface area contributed by atoms with Crippen molar-refractivity contribution in [2.45, 2.75) is 0 Å². The Balaban J connectivity index is -0.0000000267. The van der Waals surface area contributed by atoms with E-state index in [9.17, 15) is 0 Å². The van der Waals surface area contributed by atoms with Crippen molar-refractivity contribution in [1.82, 2.24) is 0 Å². The standard InChI is InChI=1S/CH3NO3.Al.Na.4H/c2-5-1(3)4;;;;;;/h2H2,(H,3,4);;;;;;/q;;+1;;;;-1. The molecule has 0 aromatic heterocycles. The molecule has 38 valence electrons. The van der Waals surface area contributed by atoms with Gasteiger partial charge in [-0.1, -0.05) is 0 Å². The Kier molecular flexibility index (Phi) is 22.1. The Morgan fingerprint density at radius 1 is 1.86 bits per heavy atom. The second-order valence-corrected chi connectivity index (χ2v) is 0.384. The summed E-state index contributed by atoms with van der Waals surface area (Å²) in [5.41, 5.74) is 0. The average molecular weight is 131 g/mol. The monoisotopic (exact) mass is 131 g/mol. The van der Waals surface area contributed by atoms with Crippen molar-refractivity contribution in [2.24, 2.45) is 5.90 Å². The van der Waals surface area contributed by atoms with Gasteiger partial charge in [0, 0.05) is 0 Å². The molecule has 0 aliphatic rings. The molecule has 6 heteroatoms. The number of rotatable bonds is 0. The number of carboxylic acid groups (broad SMARTS) is 1. The molecule has 0 fully saturated rings. The molecule has 0 saturated carbocycles. The average Bonchev–Trinajstić information content (AvgIpc) is 1.38. The van der Waals surface area contributed by atoms with Gasteiger partial charge in [0.2, 0.25) is 0 Å². The van der Waals surface area contributed by atoms with Crippen LogP contribution in [0.2, 0.25) is 0 Å². The van der Waals surface area contributed by atoms with Crippen LogP contribution in [0.1, 0.15) is 1.43 Å². The van der Waals surface area contributed by atoms with Gasteiger partial charge in [0.05, 0.1) is 0 Å². The molecule has 0 aliphatic heterocycles. The zero-order valence-electron chi connectivity index (χ0n) is 4.34. The summed E-state index contributed by atoms with van der Waals surface area (Å²) in [6, 6.07) is 0. The van der Waals surface area contributed by atoms with E-state index in [4.69, 9.17) is 9.90 Å². The molecule has 0 heterocycles. The van der Waals surface area contributed by atoms with Gasteiger partial charge in [-0.2, -0.15) is 5.90 Å². The fraction of sp³-hybridized carbons (Fsp3) is 0. The second kappa shape index (κ2) is 9.90. The first kappa shape index (κ1) is 15.7. The minimum atomic E-state index is -1.47. The summed E-state index contributed by atoms with van der Waals surface area (Å²) in [5, 5.41) is 7.38. The maximum atomic E-state index is 9.02. The van der Waals surface area contributed by atoms with E-state index < -0.39 is 6.16 Å². The van der Waals surface area contributed by atoms with E-state index in [1.165, 1.54) is 0 Å². The molecular formula is CH7AlNNaO3. The van der Waals surface area contributed by atoms with Crippen LogP contribution in [-0.4, -0.2) is 28.6 Å². The van der Waals surface area contributed by atoms with E-state index in [0.717, 1.165) is 0 Å². The molecule has 0 atom stereocenters. The second-order valence-electron chi connectivity index (χ2n) is 0.384. The summed E-state index contributed by atoms with van der Waals surface area (Å²) < 4.78 is 0. The van der Waals surface area contributed by atoms with Crippen molar-refractivity contribution in [3.63, 3.8) is 0 Å². The minimum Gasteiger partial charge on any atom is -1.00 e. The van der Waals surface area contributed by atoms with Crippen LogP contribution in [0.15, 0.2) is 0 Å². The summed E-state index contributed by atoms with van der Waals surface area (Å²) in [4.78, 5) is 12.2. The molecule has 0 aliphatic carbocycles. The van der Waals surface area contributed by atoms with Crippen LogP contribution in [0.4, 0.5) is 4.79 Å². The van der Waals surface area contributed by atoms with Gasteiger partial charge in [-0.05, 0) is 0 Å². The molecule has 0 unspecified atom stereocenters. The third-order valence-corrected chi connectivity index (χ3v) is 0.101. The molecule has 0 saturated heterocycles. The van der Waals surface area contributed by atoms with Crippen molar-refractivity contribution >= 4 is 23.5 Å². The largest absolute Gasteiger partial charge is 1.00 e. The molecular weight excluding hydrogens is 124 g/mol. The first-order chi connectivity index (χ1) is 2.27. The van der Waals surface area contributed by atoms with Crippen LogP contribution in [0, 0.1) is 0 Å². The van der Waals surface area contributed by atoms with Gasteiger partial charge < -0.3 is 11.4 Å². The van der Waals surface area contributed by atoms with Crippen molar-refractivity contribution in [3.8, 4) is 0 Å². The minimum absolute atomic E-state index is 0. The predicted octanol–water partition coefficient (Wildman–Crippen LogP) is -4.51. The van der Waals surface area contributed by atoms with Gasteiger partial charge >= 0.3 is 35.7 Å². The summed E-state index contributed by atoms with van der Waals surface area (Å²) >= 11 is 0. The summed E-state index contributed by atoms with van der Waals surface area (Å²) in [6.45, 7) is 0. The maximum Gasteiger partial charge on any atom is 1.00 e. The van der Waals surface area contributed by atoms with Crippen LogP contribution in [0.3, 0.4) is 0 Å². The van der Waals surface area contributed by atoms with E-state index in [1.54, 1.807) is 0 Å². The Morgan fingerprint density at radius 3 is 2.00 bits per heavy atom. The molecule has 4 nitrogen and oxygen atoms in total. The molecule has 0 radical (unpaired) electrons. The van der Waals surface area contributed by atoms with E-state index >= 15 is 0 Å². The third-order valence-electron chi connectivity index (χ3n) is 0.101. The molecule has 7 heavy (non-hydrogen) atoms. The molecule has 3 N–H and O–H groups in total. The first-order valence-corrected chi connectivity index (χ1v) is 0.868. The third kappa shape index (κ3) is 20.1. The van der Waals surface area contributed by atoms with Crippen LogP contribution in [0.5, 0.6) is 0 Å². The van der Waals surface area contributed by atoms with Crippen molar-refractivity contribution < 1.29 is 45.7 Å². The van der Waals surface area contributed by atoms with Crippen molar-refractivity contribution in [2.75, 3.05) is 0 Å². The molecule has 0 aromatic rings. The van der Waals surface area contributed by atoms with Gasteiger partial charge in [-0.25, -0.2) is 4.79 Å². The number of nitrogens with two attached hydrogens (primary N) is 1. The zero-order chi connectivity index (χ0) is 4.28. The van der Waals surface area contributed by atoms with E-state index in [-0.39, 0.29) is 48.3 Å². The maximum absolute atomic E-state index is 9.02. The van der Waals surface area contributed by atoms with E-state index in [1.807, 2.05) is 0 Å². The van der Waals surface area contributed by atoms with Crippen LogP contribution >= 0.6 is 0 Å².